The summed E-state index contributed by atoms with van der Waals surface area (Å²) in [6, 6.07) is 10.0. The number of hydrogen-bond acceptors (Lipinski definition) is 3. The van der Waals surface area contributed by atoms with E-state index in [1.165, 1.54) is 0 Å². The molecule has 5 heteroatoms. The Morgan fingerprint density at radius 1 is 1.18 bits per heavy atom. The second kappa shape index (κ2) is 6.00. The third kappa shape index (κ3) is 3.31. The van der Waals surface area contributed by atoms with Crippen LogP contribution in [0.4, 0.5) is 0 Å². The molecule has 0 aliphatic heterocycles. The summed E-state index contributed by atoms with van der Waals surface area (Å²) in [7, 11) is 0. The SMILES string of the molecule is NCc1c(Br)cccc1Sc1ccc(Br)cn1. The number of pyridine rings is 1. The number of benzene rings is 1. The molecule has 0 radical (unpaired) electrons. The molecule has 0 aliphatic rings. The van der Waals surface area contributed by atoms with Crippen LogP contribution in [0.5, 0.6) is 0 Å². The van der Waals surface area contributed by atoms with Crippen molar-refractivity contribution in [3.8, 4) is 0 Å². The Morgan fingerprint density at radius 2 is 2.00 bits per heavy atom. The van der Waals surface area contributed by atoms with Crippen LogP contribution in [0.15, 0.2) is 55.4 Å². The highest BCUT2D eigenvalue weighted by molar-refractivity contribution is 9.10. The summed E-state index contributed by atoms with van der Waals surface area (Å²) in [5.74, 6) is 0. The number of aromatic nitrogens is 1. The molecule has 0 atom stereocenters. The molecule has 1 aromatic carbocycles. The van der Waals surface area contributed by atoms with Gasteiger partial charge in [0.2, 0.25) is 0 Å². The second-order valence-electron chi connectivity index (χ2n) is 3.34. The maximum atomic E-state index is 5.76. The van der Waals surface area contributed by atoms with E-state index in [4.69, 9.17) is 5.73 Å². The topological polar surface area (TPSA) is 38.9 Å². The Hall–Kier alpha value is -0.360. The molecule has 0 saturated carbocycles. The van der Waals surface area contributed by atoms with Crippen LogP contribution in [0.2, 0.25) is 0 Å². The summed E-state index contributed by atoms with van der Waals surface area (Å²) >= 11 is 8.50. The van der Waals surface area contributed by atoms with Gasteiger partial charge in [0.25, 0.3) is 0 Å². The highest BCUT2D eigenvalue weighted by Gasteiger charge is 2.07. The number of nitrogens with zero attached hydrogens (tertiary/aromatic N) is 1. The Morgan fingerprint density at radius 3 is 2.65 bits per heavy atom. The molecule has 0 bridgehead atoms. The van der Waals surface area contributed by atoms with E-state index in [0.29, 0.717) is 6.54 Å². The van der Waals surface area contributed by atoms with Gasteiger partial charge < -0.3 is 5.73 Å². The monoisotopic (exact) mass is 372 g/mol. The van der Waals surface area contributed by atoms with Gasteiger partial charge in [-0.05, 0) is 45.8 Å². The van der Waals surface area contributed by atoms with Crippen LogP contribution in [0.1, 0.15) is 5.56 Å². The fourth-order valence-corrected chi connectivity index (χ4v) is 3.19. The van der Waals surface area contributed by atoms with Gasteiger partial charge in [-0.25, -0.2) is 4.98 Å². The van der Waals surface area contributed by atoms with Gasteiger partial charge in [0.1, 0.15) is 5.03 Å². The van der Waals surface area contributed by atoms with E-state index in [1.807, 2.05) is 24.3 Å². The molecule has 0 fully saturated rings. The van der Waals surface area contributed by atoms with Crippen LogP contribution < -0.4 is 5.73 Å². The summed E-state index contributed by atoms with van der Waals surface area (Å²) in [6.07, 6.45) is 1.79. The third-order valence-electron chi connectivity index (χ3n) is 2.19. The maximum absolute atomic E-state index is 5.76. The molecule has 0 amide bonds. The predicted molar refractivity (Wildman–Crippen MR) is 78.1 cm³/mol. The molecule has 0 unspecified atom stereocenters. The summed E-state index contributed by atoms with van der Waals surface area (Å²) in [5.41, 5.74) is 6.87. The summed E-state index contributed by atoms with van der Waals surface area (Å²) in [6.45, 7) is 0.514. The maximum Gasteiger partial charge on any atom is 0.101 e. The van der Waals surface area contributed by atoms with Gasteiger partial charge in [0.05, 0.1) is 0 Å². The zero-order chi connectivity index (χ0) is 12.3. The van der Waals surface area contributed by atoms with Crippen molar-refractivity contribution in [3.63, 3.8) is 0 Å². The van der Waals surface area contributed by atoms with Gasteiger partial charge in [-0.15, -0.1) is 0 Å². The van der Waals surface area contributed by atoms with E-state index < -0.39 is 0 Å². The standard InChI is InChI=1S/C12H10Br2N2S/c13-8-4-5-12(16-7-8)17-11-3-1-2-10(14)9(11)6-15/h1-5,7H,6,15H2. The van der Waals surface area contributed by atoms with Crippen LogP contribution in [0.25, 0.3) is 0 Å². The Labute approximate surface area is 121 Å². The molecule has 1 heterocycles. The fraction of sp³-hybridized carbons (Fsp3) is 0.0833. The van der Waals surface area contributed by atoms with E-state index in [1.54, 1.807) is 18.0 Å². The highest BCUT2D eigenvalue weighted by Crippen LogP contribution is 2.32. The van der Waals surface area contributed by atoms with Crippen molar-refractivity contribution in [2.75, 3.05) is 0 Å². The lowest BCUT2D eigenvalue weighted by molar-refractivity contribution is 1.01. The van der Waals surface area contributed by atoms with Crippen LogP contribution in [0, 0.1) is 0 Å². The number of rotatable bonds is 3. The normalized spacial score (nSPS) is 10.5. The van der Waals surface area contributed by atoms with Crippen molar-refractivity contribution in [2.45, 2.75) is 16.5 Å². The second-order valence-corrected chi connectivity index (χ2v) is 6.17. The third-order valence-corrected chi connectivity index (χ3v) is 4.46. The van der Waals surface area contributed by atoms with Crippen LogP contribution in [-0.4, -0.2) is 4.98 Å². The van der Waals surface area contributed by atoms with Crippen molar-refractivity contribution in [2.24, 2.45) is 5.73 Å². The van der Waals surface area contributed by atoms with Crippen molar-refractivity contribution in [1.29, 1.82) is 0 Å². The first kappa shape index (κ1) is 13.1. The van der Waals surface area contributed by atoms with Crippen LogP contribution in [0.3, 0.4) is 0 Å². The Kier molecular flexibility index (Phi) is 4.62. The molecule has 2 N–H and O–H groups in total. The average Bonchev–Trinajstić information content (AvgIpc) is 2.32. The van der Waals surface area contributed by atoms with Gasteiger partial charge in [-0.1, -0.05) is 33.8 Å². The van der Waals surface area contributed by atoms with E-state index >= 15 is 0 Å². The zero-order valence-corrected chi connectivity index (χ0v) is 12.8. The first-order chi connectivity index (χ1) is 8.20. The number of hydrogen-bond donors (Lipinski definition) is 1. The van der Waals surface area contributed by atoms with E-state index in [2.05, 4.69) is 42.9 Å². The Balaban J connectivity index is 2.29. The molecule has 1 aromatic heterocycles. The summed E-state index contributed by atoms with van der Waals surface area (Å²) in [4.78, 5) is 5.47. The van der Waals surface area contributed by atoms with Gasteiger partial charge in [0.15, 0.2) is 0 Å². The van der Waals surface area contributed by atoms with Gasteiger partial charge >= 0.3 is 0 Å². The minimum absolute atomic E-state index is 0.514. The lowest BCUT2D eigenvalue weighted by Gasteiger charge is -2.08. The first-order valence-corrected chi connectivity index (χ1v) is 7.38. The molecule has 17 heavy (non-hydrogen) atoms. The quantitative estimate of drug-likeness (QED) is 0.875. The van der Waals surface area contributed by atoms with Crippen molar-refractivity contribution >= 4 is 43.6 Å². The average molecular weight is 374 g/mol. The van der Waals surface area contributed by atoms with Crippen molar-refractivity contribution in [1.82, 2.24) is 4.98 Å². The molecule has 2 nitrogen and oxygen atoms in total. The smallest absolute Gasteiger partial charge is 0.101 e. The van der Waals surface area contributed by atoms with Crippen molar-refractivity contribution in [3.05, 3.63) is 51.0 Å². The molecule has 0 aliphatic carbocycles. The largest absolute Gasteiger partial charge is 0.326 e. The Bertz CT molecular complexity index is 514. The molecule has 0 spiro atoms. The lowest BCUT2D eigenvalue weighted by atomic mass is 10.2. The molecule has 88 valence electrons. The van der Waals surface area contributed by atoms with Crippen LogP contribution >= 0.6 is 43.6 Å². The first-order valence-electron chi connectivity index (χ1n) is 4.97. The van der Waals surface area contributed by atoms with Crippen molar-refractivity contribution < 1.29 is 0 Å². The minimum Gasteiger partial charge on any atom is -0.326 e. The van der Waals surface area contributed by atoms with Gasteiger partial charge in [0, 0.05) is 26.6 Å². The molecule has 2 aromatic rings. The molecular weight excluding hydrogens is 364 g/mol. The minimum atomic E-state index is 0.514. The summed E-state index contributed by atoms with van der Waals surface area (Å²) < 4.78 is 2.03. The van der Waals surface area contributed by atoms with Gasteiger partial charge in [-0.3, -0.25) is 0 Å². The van der Waals surface area contributed by atoms with Gasteiger partial charge in [-0.2, -0.15) is 0 Å². The summed E-state index contributed by atoms with van der Waals surface area (Å²) in [5, 5.41) is 0.959. The van der Waals surface area contributed by atoms with Crippen LogP contribution in [-0.2, 0) is 6.54 Å². The zero-order valence-electron chi connectivity index (χ0n) is 8.86. The lowest BCUT2D eigenvalue weighted by Crippen LogP contribution is -1.99. The highest BCUT2D eigenvalue weighted by atomic mass is 79.9. The van der Waals surface area contributed by atoms with E-state index in [9.17, 15) is 0 Å². The van der Waals surface area contributed by atoms with E-state index in [0.717, 1.165) is 24.4 Å². The molecule has 0 saturated heterocycles. The number of nitrogens with two attached hydrogens (primary N) is 1. The fourth-order valence-electron chi connectivity index (χ4n) is 1.37. The molecule has 2 rings (SSSR count). The number of halogens is 2. The molecular formula is C12H10Br2N2S. The van der Waals surface area contributed by atoms with E-state index in [-0.39, 0.29) is 0 Å². The predicted octanol–water partition coefficient (Wildman–Crippen LogP) is 4.22.